The standard InChI is InChI=1S/C45H44ClN7O5S/c1-27-28(2)59-45-42(27)43(30-6-9-35(46)10-7-30)50-39(44-52-51-29(3)53(44)45)25-41(55)49-36-11-13-38(14-12-36)58-21-20-57-19-18-56-17-16-47-40-15-8-33(26-48-40)31-4-5-32-23-37(54)24-34(32)22-31/h4-15,22,26,39H,16-21,23-25H2,1-3H3,(H,47,48)(H,49,55)/t39-/m0/s1. The Hall–Kier alpha value is -5.73. The third-order valence-corrected chi connectivity index (χ3v) is 11.8. The number of anilines is 2. The Labute approximate surface area is 351 Å². The number of halogens is 1. The van der Waals surface area contributed by atoms with Crippen LogP contribution in [0, 0.1) is 20.8 Å². The molecule has 2 N–H and O–H groups in total. The number of pyridine rings is 1. The number of benzene rings is 3. The van der Waals surface area contributed by atoms with Crippen LogP contribution in [0.5, 0.6) is 5.75 Å². The first-order valence-electron chi connectivity index (χ1n) is 19.6. The highest BCUT2D eigenvalue weighted by Crippen LogP contribution is 2.40. The fourth-order valence-electron chi connectivity index (χ4n) is 7.25. The largest absolute Gasteiger partial charge is 0.491 e. The van der Waals surface area contributed by atoms with Crippen molar-refractivity contribution in [2.75, 3.05) is 50.2 Å². The average Bonchev–Trinajstić information content (AvgIpc) is 3.87. The monoisotopic (exact) mass is 829 g/mol. The highest BCUT2D eigenvalue weighted by atomic mass is 35.5. The van der Waals surface area contributed by atoms with E-state index in [2.05, 4.69) is 51.8 Å². The van der Waals surface area contributed by atoms with E-state index < -0.39 is 6.04 Å². The van der Waals surface area contributed by atoms with Gasteiger partial charge in [-0.25, -0.2) is 4.98 Å². The van der Waals surface area contributed by atoms with E-state index in [1.807, 2.05) is 84.4 Å². The van der Waals surface area contributed by atoms with Crippen LogP contribution in [-0.2, 0) is 31.9 Å². The molecule has 1 amide bonds. The molecule has 3 aromatic heterocycles. The molecule has 59 heavy (non-hydrogen) atoms. The number of carbonyl (C=O) groups is 2. The second-order valence-electron chi connectivity index (χ2n) is 14.5. The maximum Gasteiger partial charge on any atom is 0.227 e. The Morgan fingerprint density at radius 2 is 1.58 bits per heavy atom. The third kappa shape index (κ3) is 9.29. The molecule has 0 spiro atoms. The van der Waals surface area contributed by atoms with Crippen LogP contribution in [0.1, 0.15) is 56.8 Å². The summed E-state index contributed by atoms with van der Waals surface area (Å²) < 4.78 is 19.3. The number of rotatable bonds is 16. The van der Waals surface area contributed by atoms with Crippen molar-refractivity contribution in [3.63, 3.8) is 0 Å². The summed E-state index contributed by atoms with van der Waals surface area (Å²) >= 11 is 7.91. The summed E-state index contributed by atoms with van der Waals surface area (Å²) in [5.41, 5.74) is 8.85. The van der Waals surface area contributed by atoms with Gasteiger partial charge in [-0.15, -0.1) is 21.5 Å². The van der Waals surface area contributed by atoms with Crippen LogP contribution in [0.3, 0.4) is 0 Å². The third-order valence-electron chi connectivity index (χ3n) is 10.4. The summed E-state index contributed by atoms with van der Waals surface area (Å²) in [6.45, 7) is 8.94. The molecule has 302 valence electrons. The minimum absolute atomic E-state index is 0.0749. The Balaban J connectivity index is 0.752. The lowest BCUT2D eigenvalue weighted by Gasteiger charge is -2.13. The summed E-state index contributed by atoms with van der Waals surface area (Å²) in [4.78, 5) is 36.2. The van der Waals surface area contributed by atoms with Crippen LogP contribution in [0.2, 0.25) is 5.02 Å². The van der Waals surface area contributed by atoms with Crippen LogP contribution in [0.4, 0.5) is 11.5 Å². The first kappa shape index (κ1) is 40.1. The molecule has 1 atom stereocenters. The van der Waals surface area contributed by atoms with E-state index in [0.29, 0.717) is 74.7 Å². The number of aromatic nitrogens is 4. The minimum atomic E-state index is -0.566. The number of hydrogen-bond acceptors (Lipinski definition) is 11. The van der Waals surface area contributed by atoms with E-state index in [0.717, 1.165) is 61.3 Å². The van der Waals surface area contributed by atoms with E-state index in [9.17, 15) is 9.59 Å². The normalized spacial score (nSPS) is 14.3. The average molecular weight is 830 g/mol. The number of fused-ring (bicyclic) bond motifs is 4. The van der Waals surface area contributed by atoms with Crippen LogP contribution in [0.15, 0.2) is 90.1 Å². The molecule has 3 aromatic carbocycles. The van der Waals surface area contributed by atoms with Crippen LogP contribution in [-0.4, -0.2) is 76.7 Å². The number of ether oxygens (including phenoxy) is 3. The zero-order valence-electron chi connectivity index (χ0n) is 33.1. The van der Waals surface area contributed by atoms with Crippen molar-refractivity contribution in [3.05, 3.63) is 134 Å². The molecule has 0 unspecified atom stereocenters. The number of Topliss-reactive ketones (excluding diaryl/α,β-unsaturated/α-hetero) is 1. The van der Waals surface area contributed by atoms with Crippen molar-refractivity contribution >= 4 is 51.8 Å². The zero-order valence-corrected chi connectivity index (χ0v) is 34.7. The van der Waals surface area contributed by atoms with Gasteiger partial charge in [0.05, 0.1) is 38.6 Å². The topological polar surface area (TPSA) is 142 Å². The molecule has 14 heteroatoms. The fourth-order valence-corrected chi connectivity index (χ4v) is 8.59. The van der Waals surface area contributed by atoms with Crippen molar-refractivity contribution in [1.29, 1.82) is 0 Å². The van der Waals surface area contributed by atoms with Gasteiger partial charge in [-0.05, 0) is 91.6 Å². The number of ketones is 1. The predicted molar refractivity (Wildman–Crippen MR) is 231 cm³/mol. The molecule has 12 nitrogen and oxygen atoms in total. The molecule has 6 aromatic rings. The number of amides is 1. The molecule has 0 bridgehead atoms. The second kappa shape index (κ2) is 18.0. The zero-order chi connectivity index (χ0) is 40.9. The molecule has 1 aliphatic carbocycles. The maximum absolute atomic E-state index is 13.5. The molecule has 0 saturated carbocycles. The summed E-state index contributed by atoms with van der Waals surface area (Å²) in [7, 11) is 0. The highest BCUT2D eigenvalue weighted by molar-refractivity contribution is 7.15. The number of nitrogens with zero attached hydrogens (tertiary/aromatic N) is 5. The van der Waals surface area contributed by atoms with E-state index in [-0.39, 0.29) is 18.1 Å². The van der Waals surface area contributed by atoms with Gasteiger partial charge >= 0.3 is 0 Å². The summed E-state index contributed by atoms with van der Waals surface area (Å²) in [6, 6.07) is 24.5. The summed E-state index contributed by atoms with van der Waals surface area (Å²) in [6.07, 6.45) is 2.98. The molecule has 4 heterocycles. The van der Waals surface area contributed by atoms with E-state index in [1.165, 1.54) is 4.88 Å². The van der Waals surface area contributed by atoms with Crippen LogP contribution in [0.25, 0.3) is 16.1 Å². The Morgan fingerprint density at radius 1 is 0.847 bits per heavy atom. The van der Waals surface area contributed by atoms with Crippen molar-refractivity contribution in [1.82, 2.24) is 19.7 Å². The number of aliphatic imine (C=N–C) groups is 1. The van der Waals surface area contributed by atoms with Gasteiger partial charge in [-0.1, -0.05) is 41.9 Å². The molecule has 0 fully saturated rings. The quantitative estimate of drug-likeness (QED) is 0.0927. The van der Waals surface area contributed by atoms with Gasteiger partial charge in [-0.2, -0.15) is 0 Å². The molecular formula is C45H44ClN7O5S. The molecular weight excluding hydrogens is 786 g/mol. The Kier molecular flexibility index (Phi) is 12.3. The molecule has 2 aliphatic rings. The van der Waals surface area contributed by atoms with Gasteiger partial charge in [0.2, 0.25) is 5.91 Å². The molecule has 1 aliphatic heterocycles. The second-order valence-corrected chi connectivity index (χ2v) is 16.1. The van der Waals surface area contributed by atoms with E-state index >= 15 is 0 Å². The van der Waals surface area contributed by atoms with Crippen LogP contribution >= 0.6 is 22.9 Å². The van der Waals surface area contributed by atoms with Gasteiger partial charge < -0.3 is 24.8 Å². The molecule has 0 saturated heterocycles. The smallest absolute Gasteiger partial charge is 0.227 e. The van der Waals surface area contributed by atoms with Gasteiger partial charge in [0.25, 0.3) is 0 Å². The minimum Gasteiger partial charge on any atom is -0.491 e. The number of aryl methyl sites for hydroxylation is 2. The van der Waals surface area contributed by atoms with Gasteiger partial charge in [0.1, 0.15) is 40.8 Å². The first-order valence-corrected chi connectivity index (χ1v) is 20.8. The maximum atomic E-state index is 13.5. The van der Waals surface area contributed by atoms with E-state index in [1.54, 1.807) is 11.3 Å². The predicted octanol–water partition coefficient (Wildman–Crippen LogP) is 8.08. The van der Waals surface area contributed by atoms with Crippen molar-refractivity contribution in [2.24, 2.45) is 4.99 Å². The lowest BCUT2D eigenvalue weighted by Crippen LogP contribution is -2.17. The van der Waals surface area contributed by atoms with E-state index in [4.69, 9.17) is 30.8 Å². The Bertz CT molecular complexity index is 2500. The van der Waals surface area contributed by atoms with Gasteiger partial charge in [0.15, 0.2) is 5.82 Å². The van der Waals surface area contributed by atoms with Crippen molar-refractivity contribution < 1.29 is 23.8 Å². The van der Waals surface area contributed by atoms with Gasteiger partial charge in [-0.3, -0.25) is 19.1 Å². The molecule has 8 rings (SSSR count). The number of carbonyl (C=O) groups excluding carboxylic acids is 2. The number of hydrogen-bond donors (Lipinski definition) is 2. The fraction of sp³-hybridized carbons (Fsp3) is 0.289. The summed E-state index contributed by atoms with van der Waals surface area (Å²) in [5.74, 6) is 2.88. The Morgan fingerprint density at radius 3 is 2.36 bits per heavy atom. The summed E-state index contributed by atoms with van der Waals surface area (Å²) in [5, 5.41) is 16.8. The lowest BCUT2D eigenvalue weighted by molar-refractivity contribution is -0.117. The van der Waals surface area contributed by atoms with Crippen LogP contribution < -0.4 is 15.4 Å². The molecule has 0 radical (unpaired) electrons. The SMILES string of the molecule is Cc1sc2c(c1C)C(c1ccc(Cl)cc1)=N[C@@H](CC(=O)Nc1ccc(OCCOCCOCCNc3ccc(-c4ccc5c(c4)CC(=O)C5)cn3)cc1)c1nnc(C)n1-2. The highest BCUT2D eigenvalue weighted by Gasteiger charge is 2.32. The van der Waals surface area contributed by atoms with Gasteiger partial charge in [0, 0.05) is 57.9 Å². The van der Waals surface area contributed by atoms with Crippen molar-refractivity contribution in [3.8, 4) is 21.9 Å². The first-order chi connectivity index (χ1) is 28.7. The van der Waals surface area contributed by atoms with Crippen molar-refractivity contribution in [2.45, 2.75) is 46.1 Å². The number of thiophene rings is 1. The number of nitrogens with one attached hydrogen (secondary N) is 2. The lowest BCUT2D eigenvalue weighted by atomic mass is 9.99.